The first-order valence-corrected chi connectivity index (χ1v) is 17.1. The van der Waals surface area contributed by atoms with Crippen molar-refractivity contribution in [2.75, 3.05) is 19.0 Å². The molecule has 234 valence electrons. The molecule has 0 bridgehead atoms. The Morgan fingerprint density at radius 2 is 1.73 bits per heavy atom. The van der Waals surface area contributed by atoms with Gasteiger partial charge in [0.2, 0.25) is 11.1 Å². The Balaban J connectivity index is 1.32. The maximum absolute atomic E-state index is 13.9. The third kappa shape index (κ3) is 7.39. The molecule has 4 aromatic rings. The van der Waals surface area contributed by atoms with Crippen LogP contribution in [0.15, 0.2) is 93.7 Å². The van der Waals surface area contributed by atoms with Crippen molar-refractivity contribution in [1.82, 2.24) is 14.8 Å². The zero-order chi connectivity index (χ0) is 31.2. The molecule has 1 N–H and O–H groups in total. The van der Waals surface area contributed by atoms with E-state index in [-0.39, 0.29) is 12.1 Å². The molecule has 1 unspecified atom stereocenters. The molecule has 1 atom stereocenters. The van der Waals surface area contributed by atoms with Crippen LogP contribution in [-0.2, 0) is 21.7 Å². The van der Waals surface area contributed by atoms with Gasteiger partial charge in [0.1, 0.15) is 12.1 Å². The number of nitrogens with zero attached hydrogens (tertiary/aromatic N) is 3. The number of rotatable bonds is 11. The fraction of sp³-hybridized carbons (Fsp3) is 0.343. The number of methoxy groups -OCH3 is 1. The van der Waals surface area contributed by atoms with Crippen molar-refractivity contribution in [3.8, 4) is 11.5 Å². The molecule has 10 heteroatoms. The minimum absolute atomic E-state index is 0.0806. The average Bonchev–Trinajstić information content (AvgIpc) is 3.47. The number of esters is 1. The van der Waals surface area contributed by atoms with Crippen molar-refractivity contribution < 1.29 is 19.0 Å². The molecule has 0 saturated heterocycles. The Morgan fingerprint density at radius 3 is 2.44 bits per heavy atom. The highest BCUT2D eigenvalue weighted by Crippen LogP contribution is 2.43. The molecular weight excluding hydrogens is 652 g/mol. The molecule has 1 saturated carbocycles. The van der Waals surface area contributed by atoms with E-state index in [0.29, 0.717) is 40.5 Å². The largest absolute Gasteiger partial charge is 0.493 e. The van der Waals surface area contributed by atoms with Gasteiger partial charge in [0, 0.05) is 17.9 Å². The fourth-order valence-corrected chi connectivity index (χ4v) is 7.20. The Bertz CT molecular complexity index is 1660. The Hall–Kier alpha value is -3.76. The summed E-state index contributed by atoms with van der Waals surface area (Å²) >= 11 is 5.29. The lowest BCUT2D eigenvalue weighted by molar-refractivity contribution is -0.146. The first-order chi connectivity index (χ1) is 22.0. The predicted octanol–water partition coefficient (Wildman–Crippen LogP) is 8.13. The topological polar surface area (TPSA) is 87.5 Å². The zero-order valence-electron chi connectivity index (χ0n) is 25.5. The lowest BCUT2D eigenvalue weighted by atomic mass is 9.94. The van der Waals surface area contributed by atoms with E-state index in [1.807, 2.05) is 55.5 Å². The maximum Gasteiger partial charge on any atom is 0.338 e. The summed E-state index contributed by atoms with van der Waals surface area (Å²) in [5.41, 5.74) is 4.38. The van der Waals surface area contributed by atoms with Gasteiger partial charge in [-0.05, 0) is 77.4 Å². The van der Waals surface area contributed by atoms with E-state index < -0.39 is 6.04 Å². The van der Waals surface area contributed by atoms with Crippen LogP contribution in [0.5, 0.6) is 11.5 Å². The standard InChI is InChI=1S/C35H37BrN4O4S/c1-23-30(33(41)44-27-16-10-5-11-17-27)31(40-34(37-23)38-35(39-40)45-22-25-14-8-4-9-15-25)26-20-28(36)32(29(21-26)42-2)43-19-18-24-12-6-3-7-13-24/h3-4,6-9,12-15,20-21,27,31H,5,10-11,16-19,22H2,1-2H3,(H,37,38,39). The Morgan fingerprint density at radius 1 is 1.02 bits per heavy atom. The number of hydrogen-bond acceptors (Lipinski definition) is 8. The summed E-state index contributed by atoms with van der Waals surface area (Å²) in [6.07, 6.45) is 5.78. The van der Waals surface area contributed by atoms with Crippen LogP contribution in [0.1, 0.15) is 61.8 Å². The van der Waals surface area contributed by atoms with Gasteiger partial charge in [0.15, 0.2) is 11.5 Å². The normalized spacial score (nSPS) is 16.6. The molecule has 0 spiro atoms. The molecule has 1 aromatic heterocycles. The second-order valence-electron chi connectivity index (χ2n) is 11.3. The smallest absolute Gasteiger partial charge is 0.338 e. The zero-order valence-corrected chi connectivity index (χ0v) is 27.9. The molecule has 0 amide bonds. The summed E-state index contributed by atoms with van der Waals surface area (Å²) < 4.78 is 20.7. The number of halogens is 1. The van der Waals surface area contributed by atoms with E-state index in [4.69, 9.17) is 24.3 Å². The van der Waals surface area contributed by atoms with Crippen LogP contribution >= 0.6 is 27.7 Å². The molecule has 0 radical (unpaired) electrons. The van der Waals surface area contributed by atoms with Gasteiger partial charge < -0.3 is 19.5 Å². The van der Waals surface area contributed by atoms with Gasteiger partial charge in [-0.2, -0.15) is 4.98 Å². The number of hydrogen-bond donors (Lipinski definition) is 1. The van der Waals surface area contributed by atoms with Gasteiger partial charge >= 0.3 is 5.97 Å². The van der Waals surface area contributed by atoms with Crippen LogP contribution < -0.4 is 14.8 Å². The number of nitrogens with one attached hydrogen (secondary N) is 1. The summed E-state index contributed by atoms with van der Waals surface area (Å²) in [5.74, 6) is 2.13. The van der Waals surface area contributed by atoms with Crippen LogP contribution in [0.3, 0.4) is 0 Å². The summed E-state index contributed by atoms with van der Waals surface area (Å²) in [4.78, 5) is 18.7. The van der Waals surface area contributed by atoms with Gasteiger partial charge in [-0.1, -0.05) is 78.8 Å². The van der Waals surface area contributed by atoms with E-state index in [1.54, 1.807) is 23.6 Å². The Labute approximate surface area is 276 Å². The number of benzene rings is 3. The molecular formula is C35H37BrN4O4S. The van der Waals surface area contributed by atoms with Gasteiger partial charge in [0.25, 0.3) is 0 Å². The van der Waals surface area contributed by atoms with Crippen molar-refractivity contribution in [3.05, 3.63) is 105 Å². The number of thioether (sulfide) groups is 1. The van der Waals surface area contributed by atoms with E-state index in [0.717, 1.165) is 47.9 Å². The third-order valence-electron chi connectivity index (χ3n) is 8.14. The van der Waals surface area contributed by atoms with Crippen LogP contribution in [-0.4, -0.2) is 40.6 Å². The minimum atomic E-state index is -0.584. The first-order valence-electron chi connectivity index (χ1n) is 15.4. The van der Waals surface area contributed by atoms with Gasteiger partial charge in [-0.25, -0.2) is 9.48 Å². The first kappa shape index (κ1) is 31.2. The predicted molar refractivity (Wildman–Crippen MR) is 180 cm³/mol. The third-order valence-corrected chi connectivity index (χ3v) is 9.64. The Kier molecular flexibility index (Phi) is 10.1. The van der Waals surface area contributed by atoms with Crippen LogP contribution in [0.2, 0.25) is 0 Å². The maximum atomic E-state index is 13.9. The minimum Gasteiger partial charge on any atom is -0.493 e. The number of carbonyl (C=O) groups is 1. The van der Waals surface area contributed by atoms with Crippen molar-refractivity contribution in [2.45, 2.75) is 68.5 Å². The number of carbonyl (C=O) groups excluding carboxylic acids is 1. The molecule has 6 rings (SSSR count). The lowest BCUT2D eigenvalue weighted by Crippen LogP contribution is -2.32. The molecule has 2 heterocycles. The molecule has 8 nitrogen and oxygen atoms in total. The van der Waals surface area contributed by atoms with E-state index in [1.165, 1.54) is 17.5 Å². The van der Waals surface area contributed by atoms with Crippen molar-refractivity contribution in [1.29, 1.82) is 0 Å². The van der Waals surface area contributed by atoms with Crippen LogP contribution in [0.4, 0.5) is 5.95 Å². The second-order valence-corrected chi connectivity index (χ2v) is 13.1. The van der Waals surface area contributed by atoms with Crippen LogP contribution in [0.25, 0.3) is 0 Å². The summed E-state index contributed by atoms with van der Waals surface area (Å²) in [7, 11) is 1.62. The molecule has 1 aliphatic carbocycles. The SMILES string of the molecule is COc1cc(C2C(C(=O)OC3CCCCC3)=C(C)Nc3nc(SCc4ccccc4)nn32)cc(Br)c1OCCc1ccccc1. The second kappa shape index (κ2) is 14.6. The van der Waals surface area contributed by atoms with Gasteiger partial charge in [-0.15, -0.1) is 5.10 Å². The highest BCUT2D eigenvalue weighted by Gasteiger charge is 2.37. The summed E-state index contributed by atoms with van der Waals surface area (Å²) in [6.45, 7) is 2.38. The van der Waals surface area contributed by atoms with Crippen molar-refractivity contribution in [2.24, 2.45) is 0 Å². The highest BCUT2D eigenvalue weighted by atomic mass is 79.9. The number of fused-ring (bicyclic) bond motifs is 1. The number of allylic oxidation sites excluding steroid dienone is 1. The molecule has 3 aromatic carbocycles. The van der Waals surface area contributed by atoms with Gasteiger partial charge in [0.05, 0.1) is 23.8 Å². The van der Waals surface area contributed by atoms with E-state index >= 15 is 0 Å². The van der Waals surface area contributed by atoms with Gasteiger partial charge in [-0.3, -0.25) is 0 Å². The van der Waals surface area contributed by atoms with E-state index in [2.05, 4.69) is 45.5 Å². The monoisotopic (exact) mass is 688 g/mol. The molecule has 2 aliphatic rings. The number of aromatic nitrogens is 3. The lowest BCUT2D eigenvalue weighted by Gasteiger charge is -2.30. The fourth-order valence-electron chi connectivity index (χ4n) is 5.84. The van der Waals surface area contributed by atoms with Crippen molar-refractivity contribution >= 4 is 39.6 Å². The number of anilines is 1. The number of ether oxygens (including phenoxy) is 3. The molecule has 1 fully saturated rings. The highest BCUT2D eigenvalue weighted by molar-refractivity contribution is 9.10. The quantitative estimate of drug-likeness (QED) is 0.125. The average molecular weight is 690 g/mol. The van der Waals surface area contributed by atoms with Crippen LogP contribution in [0, 0.1) is 0 Å². The molecule has 45 heavy (non-hydrogen) atoms. The summed E-state index contributed by atoms with van der Waals surface area (Å²) in [5, 5.41) is 8.86. The summed E-state index contributed by atoms with van der Waals surface area (Å²) in [6, 6.07) is 23.8. The van der Waals surface area contributed by atoms with E-state index in [9.17, 15) is 4.79 Å². The van der Waals surface area contributed by atoms with Crippen molar-refractivity contribution in [3.63, 3.8) is 0 Å². The molecule has 1 aliphatic heterocycles.